The van der Waals surface area contributed by atoms with Gasteiger partial charge in [0.1, 0.15) is 0 Å². The number of nitrogens with one attached hydrogen (secondary N) is 1. The molecule has 3 fully saturated rings. The molecule has 0 unspecified atom stereocenters. The summed E-state index contributed by atoms with van der Waals surface area (Å²) < 4.78 is 0. The molecule has 1 aliphatic heterocycles. The van der Waals surface area contributed by atoms with Crippen LogP contribution >= 0.6 is 0 Å². The molecule has 2 saturated carbocycles. The fourth-order valence-corrected chi connectivity index (χ4v) is 3.76. The van der Waals surface area contributed by atoms with E-state index in [0.29, 0.717) is 12.6 Å². The summed E-state index contributed by atoms with van der Waals surface area (Å²) in [7, 11) is 0. The van der Waals surface area contributed by atoms with Gasteiger partial charge in [0, 0.05) is 18.1 Å². The van der Waals surface area contributed by atoms with Crippen molar-refractivity contribution in [1.82, 2.24) is 10.2 Å². The summed E-state index contributed by atoms with van der Waals surface area (Å²) >= 11 is 0. The summed E-state index contributed by atoms with van der Waals surface area (Å²) in [6.07, 6.45) is 10.4. The van der Waals surface area contributed by atoms with Crippen molar-refractivity contribution >= 4 is 0 Å². The van der Waals surface area contributed by atoms with Crippen LogP contribution in [-0.2, 0) is 0 Å². The standard InChI is InChI=1S/C15H28N2O/c18-12-15(7-1-2-8-15)16-14-5-9-17(10-6-14)11-13-3-4-13/h13-14,16,18H,1-12H2. The normalized spacial score (nSPS) is 29.8. The summed E-state index contributed by atoms with van der Waals surface area (Å²) in [5, 5.41) is 13.4. The summed E-state index contributed by atoms with van der Waals surface area (Å²) in [6, 6.07) is 0.644. The minimum Gasteiger partial charge on any atom is -0.394 e. The second-order valence-electron chi connectivity index (χ2n) is 6.81. The van der Waals surface area contributed by atoms with Crippen molar-refractivity contribution in [2.75, 3.05) is 26.2 Å². The highest BCUT2D eigenvalue weighted by molar-refractivity contribution is 4.95. The number of likely N-dealkylation sites (tertiary alicyclic amines) is 1. The van der Waals surface area contributed by atoms with E-state index in [1.807, 2.05) is 0 Å². The monoisotopic (exact) mass is 252 g/mol. The second kappa shape index (κ2) is 5.48. The van der Waals surface area contributed by atoms with Gasteiger partial charge in [-0.1, -0.05) is 12.8 Å². The quantitative estimate of drug-likeness (QED) is 0.782. The molecule has 0 atom stereocenters. The number of nitrogens with zero attached hydrogens (tertiary/aromatic N) is 1. The van der Waals surface area contributed by atoms with Crippen molar-refractivity contribution in [2.24, 2.45) is 5.92 Å². The zero-order chi connectivity index (χ0) is 12.4. The largest absolute Gasteiger partial charge is 0.394 e. The van der Waals surface area contributed by atoms with E-state index in [-0.39, 0.29) is 5.54 Å². The zero-order valence-corrected chi connectivity index (χ0v) is 11.5. The number of hydrogen-bond acceptors (Lipinski definition) is 3. The van der Waals surface area contributed by atoms with Gasteiger partial charge in [0.2, 0.25) is 0 Å². The van der Waals surface area contributed by atoms with Crippen LogP contribution in [-0.4, -0.2) is 47.8 Å². The van der Waals surface area contributed by atoms with E-state index >= 15 is 0 Å². The second-order valence-corrected chi connectivity index (χ2v) is 6.81. The van der Waals surface area contributed by atoms with Crippen LogP contribution < -0.4 is 5.32 Å². The summed E-state index contributed by atoms with van der Waals surface area (Å²) in [5.41, 5.74) is 0.0727. The molecule has 18 heavy (non-hydrogen) atoms. The zero-order valence-electron chi connectivity index (χ0n) is 11.5. The number of aliphatic hydroxyl groups excluding tert-OH is 1. The molecule has 0 aromatic carbocycles. The summed E-state index contributed by atoms with van der Waals surface area (Å²) in [5.74, 6) is 1.02. The highest BCUT2D eigenvalue weighted by atomic mass is 16.3. The predicted molar refractivity (Wildman–Crippen MR) is 73.6 cm³/mol. The van der Waals surface area contributed by atoms with Crippen molar-refractivity contribution in [1.29, 1.82) is 0 Å². The van der Waals surface area contributed by atoms with Crippen LogP contribution in [0.4, 0.5) is 0 Å². The topological polar surface area (TPSA) is 35.5 Å². The average Bonchev–Trinajstić information content (AvgIpc) is 3.09. The lowest BCUT2D eigenvalue weighted by Crippen LogP contribution is -2.54. The fourth-order valence-electron chi connectivity index (χ4n) is 3.76. The lowest BCUT2D eigenvalue weighted by molar-refractivity contribution is 0.120. The molecule has 0 bridgehead atoms. The first kappa shape index (κ1) is 12.9. The van der Waals surface area contributed by atoms with Gasteiger partial charge >= 0.3 is 0 Å². The van der Waals surface area contributed by atoms with Gasteiger partial charge in [-0.25, -0.2) is 0 Å². The molecule has 0 spiro atoms. The number of piperidine rings is 1. The Balaban J connectivity index is 1.44. The molecule has 2 N–H and O–H groups in total. The van der Waals surface area contributed by atoms with E-state index in [1.165, 1.54) is 71.0 Å². The highest BCUT2D eigenvalue weighted by Crippen LogP contribution is 2.32. The molecule has 2 aliphatic carbocycles. The van der Waals surface area contributed by atoms with Gasteiger partial charge in [-0.15, -0.1) is 0 Å². The third kappa shape index (κ3) is 3.06. The van der Waals surface area contributed by atoms with Crippen molar-refractivity contribution in [2.45, 2.75) is 62.9 Å². The van der Waals surface area contributed by atoms with Crippen LogP contribution in [0.15, 0.2) is 0 Å². The van der Waals surface area contributed by atoms with E-state index < -0.39 is 0 Å². The molecule has 0 amide bonds. The Kier molecular flexibility index (Phi) is 3.92. The maximum Gasteiger partial charge on any atom is 0.0613 e. The van der Waals surface area contributed by atoms with Gasteiger partial charge in [-0.2, -0.15) is 0 Å². The molecule has 0 aromatic heterocycles. The molecule has 1 saturated heterocycles. The molecule has 104 valence electrons. The van der Waals surface area contributed by atoms with E-state index in [4.69, 9.17) is 0 Å². The van der Waals surface area contributed by atoms with Gasteiger partial charge in [-0.05, 0) is 57.5 Å². The summed E-state index contributed by atoms with van der Waals surface area (Å²) in [4.78, 5) is 2.65. The van der Waals surface area contributed by atoms with Crippen LogP contribution in [0.3, 0.4) is 0 Å². The predicted octanol–water partition coefficient (Wildman–Crippen LogP) is 1.76. The molecular formula is C15H28N2O. The van der Waals surface area contributed by atoms with Gasteiger partial charge < -0.3 is 15.3 Å². The van der Waals surface area contributed by atoms with E-state index in [9.17, 15) is 5.11 Å². The van der Waals surface area contributed by atoms with Crippen molar-refractivity contribution < 1.29 is 5.11 Å². The highest BCUT2D eigenvalue weighted by Gasteiger charge is 2.36. The Morgan fingerprint density at radius 2 is 1.72 bits per heavy atom. The molecular weight excluding hydrogens is 224 g/mol. The lowest BCUT2D eigenvalue weighted by Gasteiger charge is -2.38. The first-order valence-electron chi connectivity index (χ1n) is 7.91. The van der Waals surface area contributed by atoms with Crippen molar-refractivity contribution in [3.8, 4) is 0 Å². The molecule has 1 heterocycles. The maximum atomic E-state index is 9.65. The lowest BCUT2D eigenvalue weighted by atomic mass is 9.94. The van der Waals surface area contributed by atoms with Gasteiger partial charge in [0.05, 0.1) is 6.61 Å². The first-order valence-corrected chi connectivity index (χ1v) is 7.91. The Morgan fingerprint density at radius 3 is 2.28 bits per heavy atom. The minimum absolute atomic E-state index is 0.0727. The van der Waals surface area contributed by atoms with Gasteiger partial charge in [0.25, 0.3) is 0 Å². The maximum absolute atomic E-state index is 9.65. The Bertz CT molecular complexity index is 264. The fraction of sp³-hybridized carbons (Fsp3) is 1.00. The SMILES string of the molecule is OCC1(NC2CCN(CC3CC3)CC2)CCCC1. The molecule has 0 radical (unpaired) electrons. The molecule has 3 rings (SSSR count). The Hall–Kier alpha value is -0.120. The van der Waals surface area contributed by atoms with Crippen LogP contribution in [0.5, 0.6) is 0 Å². The first-order chi connectivity index (χ1) is 8.80. The Morgan fingerprint density at radius 1 is 1.06 bits per heavy atom. The average molecular weight is 252 g/mol. The van der Waals surface area contributed by atoms with Crippen molar-refractivity contribution in [3.05, 3.63) is 0 Å². The summed E-state index contributed by atoms with van der Waals surface area (Å²) in [6.45, 7) is 4.19. The van der Waals surface area contributed by atoms with Gasteiger partial charge in [-0.3, -0.25) is 0 Å². The van der Waals surface area contributed by atoms with Crippen LogP contribution in [0.25, 0.3) is 0 Å². The van der Waals surface area contributed by atoms with Crippen LogP contribution in [0.2, 0.25) is 0 Å². The van der Waals surface area contributed by atoms with Crippen molar-refractivity contribution in [3.63, 3.8) is 0 Å². The molecule has 3 aliphatic rings. The smallest absolute Gasteiger partial charge is 0.0613 e. The Labute approximate surface area is 111 Å². The van der Waals surface area contributed by atoms with E-state index in [1.54, 1.807) is 0 Å². The van der Waals surface area contributed by atoms with E-state index in [2.05, 4.69) is 10.2 Å². The molecule has 3 nitrogen and oxygen atoms in total. The number of aliphatic hydroxyl groups is 1. The van der Waals surface area contributed by atoms with Gasteiger partial charge in [0.15, 0.2) is 0 Å². The number of rotatable bonds is 5. The third-order valence-corrected chi connectivity index (χ3v) is 5.17. The van der Waals surface area contributed by atoms with Crippen LogP contribution in [0.1, 0.15) is 51.4 Å². The van der Waals surface area contributed by atoms with E-state index in [0.717, 1.165) is 5.92 Å². The van der Waals surface area contributed by atoms with Crippen LogP contribution in [0, 0.1) is 5.92 Å². The minimum atomic E-state index is 0.0727. The number of hydrogen-bond donors (Lipinski definition) is 2. The molecule has 0 aromatic rings. The molecule has 3 heteroatoms. The third-order valence-electron chi connectivity index (χ3n) is 5.17.